The molecule has 8 heteroatoms. The van der Waals surface area contributed by atoms with E-state index in [1.54, 1.807) is 24.3 Å². The number of nitrogens with one attached hydrogen (secondary N) is 1. The fourth-order valence-electron chi connectivity index (χ4n) is 2.82. The van der Waals surface area contributed by atoms with Gasteiger partial charge >= 0.3 is 0 Å². The van der Waals surface area contributed by atoms with Crippen LogP contribution in [0.5, 0.6) is 11.5 Å². The number of hydrogen-bond donors (Lipinski definition) is 2. The van der Waals surface area contributed by atoms with Crippen LogP contribution in [0.3, 0.4) is 0 Å². The number of carbonyl (C=O) groups excluding carboxylic acids is 1. The van der Waals surface area contributed by atoms with Gasteiger partial charge < -0.3 is 14.8 Å². The number of nitrogens with two attached hydrogens (primary N) is 1. The van der Waals surface area contributed by atoms with E-state index in [-0.39, 0.29) is 11.5 Å². The number of ether oxygens (including phenoxy) is 2. The second-order valence-electron chi connectivity index (χ2n) is 7.00. The molecule has 0 unspecified atom stereocenters. The largest absolute Gasteiger partial charge is 0.493 e. The lowest BCUT2D eigenvalue weighted by Crippen LogP contribution is -2.20. The normalized spacial score (nSPS) is 11.1. The Morgan fingerprint density at radius 1 is 0.933 bits per heavy atom. The molecule has 0 spiro atoms. The van der Waals surface area contributed by atoms with Gasteiger partial charge in [-0.25, -0.2) is 13.6 Å². The minimum absolute atomic E-state index is 0.0727. The van der Waals surface area contributed by atoms with Crippen molar-refractivity contribution in [3.63, 3.8) is 0 Å². The van der Waals surface area contributed by atoms with Crippen LogP contribution in [-0.4, -0.2) is 27.5 Å². The van der Waals surface area contributed by atoms with Gasteiger partial charge in [0.2, 0.25) is 10.0 Å². The first-order chi connectivity index (χ1) is 14.4. The van der Waals surface area contributed by atoms with Crippen LogP contribution in [0.15, 0.2) is 53.4 Å². The molecule has 2 rings (SSSR count). The highest BCUT2D eigenvalue weighted by Gasteiger charge is 2.10. The zero-order valence-corrected chi connectivity index (χ0v) is 18.1. The summed E-state index contributed by atoms with van der Waals surface area (Å²) in [5.74, 6) is 0.797. The van der Waals surface area contributed by atoms with E-state index in [0.29, 0.717) is 23.8 Å². The highest BCUT2D eigenvalue weighted by molar-refractivity contribution is 7.89. The Bertz CT molecular complexity index is 915. The van der Waals surface area contributed by atoms with Gasteiger partial charge in [-0.2, -0.15) is 0 Å². The summed E-state index contributed by atoms with van der Waals surface area (Å²) in [5.41, 5.74) is 0.325. The Balaban J connectivity index is 1.76. The van der Waals surface area contributed by atoms with Crippen LogP contribution in [-0.2, 0) is 14.8 Å². The Hall–Kier alpha value is -2.58. The molecule has 7 nitrogen and oxygen atoms in total. The van der Waals surface area contributed by atoms with Gasteiger partial charge in [0.1, 0.15) is 11.5 Å². The van der Waals surface area contributed by atoms with E-state index in [9.17, 15) is 13.2 Å². The Morgan fingerprint density at radius 3 is 2.33 bits per heavy atom. The molecule has 3 N–H and O–H groups in total. The molecule has 0 heterocycles. The summed E-state index contributed by atoms with van der Waals surface area (Å²) in [5, 5.41) is 7.69. The van der Waals surface area contributed by atoms with Crippen molar-refractivity contribution in [3.8, 4) is 11.5 Å². The van der Waals surface area contributed by atoms with Gasteiger partial charge in [-0.15, -0.1) is 0 Å². The average molecular weight is 435 g/mol. The van der Waals surface area contributed by atoms with Crippen molar-refractivity contribution in [2.24, 2.45) is 5.14 Å². The second kappa shape index (κ2) is 12.2. The Labute approximate surface area is 178 Å². The molecule has 2 aromatic carbocycles. The fraction of sp³-hybridized carbons (Fsp3) is 0.409. The molecule has 2 aromatic rings. The molecule has 30 heavy (non-hydrogen) atoms. The summed E-state index contributed by atoms with van der Waals surface area (Å²) < 4.78 is 34.1. The number of benzene rings is 2. The minimum atomic E-state index is -3.83. The van der Waals surface area contributed by atoms with Gasteiger partial charge in [0, 0.05) is 11.8 Å². The topological polar surface area (TPSA) is 108 Å². The molecule has 0 aromatic heterocycles. The van der Waals surface area contributed by atoms with E-state index >= 15 is 0 Å². The Morgan fingerprint density at radius 2 is 1.60 bits per heavy atom. The number of primary sulfonamides is 1. The average Bonchev–Trinajstić information content (AvgIpc) is 2.71. The standard InChI is InChI=1S/C22H30N2O5S/c1-2-3-4-5-6-7-14-28-19-11-9-12-20(16-19)29-17-22(25)24-18-10-8-13-21(15-18)30(23,26)27/h8-13,15-16H,2-7,14,17H2,1H3,(H,24,25)(H2,23,26,27). The van der Waals surface area contributed by atoms with Gasteiger partial charge in [-0.1, -0.05) is 51.2 Å². The molecule has 0 aliphatic rings. The maximum Gasteiger partial charge on any atom is 0.262 e. The van der Waals surface area contributed by atoms with Crippen molar-refractivity contribution in [1.29, 1.82) is 0 Å². The maximum atomic E-state index is 12.1. The van der Waals surface area contributed by atoms with Crippen LogP contribution < -0.4 is 19.9 Å². The fourth-order valence-corrected chi connectivity index (χ4v) is 3.38. The third kappa shape index (κ3) is 8.84. The molecule has 0 atom stereocenters. The number of anilines is 1. The lowest BCUT2D eigenvalue weighted by atomic mass is 10.1. The lowest BCUT2D eigenvalue weighted by molar-refractivity contribution is -0.118. The van der Waals surface area contributed by atoms with Crippen molar-refractivity contribution >= 4 is 21.6 Å². The summed E-state index contributed by atoms with van der Waals surface area (Å²) >= 11 is 0. The molecule has 0 radical (unpaired) electrons. The smallest absolute Gasteiger partial charge is 0.262 e. The summed E-state index contributed by atoms with van der Waals surface area (Å²) in [6.45, 7) is 2.63. The van der Waals surface area contributed by atoms with E-state index in [1.807, 2.05) is 6.07 Å². The van der Waals surface area contributed by atoms with E-state index in [2.05, 4.69) is 12.2 Å². The third-order valence-corrected chi connectivity index (χ3v) is 5.30. The van der Waals surface area contributed by atoms with E-state index in [1.165, 1.54) is 43.9 Å². The zero-order valence-electron chi connectivity index (χ0n) is 17.3. The van der Waals surface area contributed by atoms with Gasteiger partial charge in [0.05, 0.1) is 11.5 Å². The van der Waals surface area contributed by atoms with Crippen molar-refractivity contribution in [1.82, 2.24) is 0 Å². The number of sulfonamides is 1. The summed E-state index contributed by atoms with van der Waals surface area (Å²) in [7, 11) is -3.83. The maximum absolute atomic E-state index is 12.1. The first-order valence-corrected chi connectivity index (χ1v) is 11.7. The number of unbranched alkanes of at least 4 members (excludes halogenated alkanes) is 5. The highest BCUT2D eigenvalue weighted by Crippen LogP contribution is 2.20. The molecule has 0 fully saturated rings. The zero-order chi connectivity index (χ0) is 21.8. The molecule has 164 valence electrons. The molecular formula is C22H30N2O5S. The second-order valence-corrected chi connectivity index (χ2v) is 8.56. The molecular weight excluding hydrogens is 404 g/mol. The SMILES string of the molecule is CCCCCCCCOc1cccc(OCC(=O)Nc2cccc(S(N)(=O)=O)c2)c1. The van der Waals surface area contributed by atoms with Crippen LogP contribution >= 0.6 is 0 Å². The van der Waals surface area contributed by atoms with Crippen molar-refractivity contribution < 1.29 is 22.7 Å². The predicted molar refractivity (Wildman–Crippen MR) is 117 cm³/mol. The molecule has 0 saturated heterocycles. The summed E-state index contributed by atoms with van der Waals surface area (Å²) in [4.78, 5) is 12.0. The first-order valence-electron chi connectivity index (χ1n) is 10.2. The van der Waals surface area contributed by atoms with Gasteiger partial charge in [0.25, 0.3) is 5.91 Å². The molecule has 0 bridgehead atoms. The van der Waals surface area contributed by atoms with Crippen LogP contribution in [0, 0.1) is 0 Å². The van der Waals surface area contributed by atoms with Crippen LogP contribution in [0.25, 0.3) is 0 Å². The van der Waals surface area contributed by atoms with Crippen LogP contribution in [0.1, 0.15) is 45.4 Å². The van der Waals surface area contributed by atoms with Crippen molar-refractivity contribution in [3.05, 3.63) is 48.5 Å². The first kappa shape index (κ1) is 23.7. The van der Waals surface area contributed by atoms with Gasteiger partial charge in [-0.3, -0.25) is 4.79 Å². The van der Waals surface area contributed by atoms with Crippen molar-refractivity contribution in [2.75, 3.05) is 18.5 Å². The van der Waals surface area contributed by atoms with E-state index in [4.69, 9.17) is 14.6 Å². The highest BCUT2D eigenvalue weighted by atomic mass is 32.2. The summed E-state index contributed by atoms with van der Waals surface area (Å²) in [6.07, 6.45) is 7.19. The van der Waals surface area contributed by atoms with Gasteiger partial charge in [0.15, 0.2) is 6.61 Å². The number of hydrogen-bond acceptors (Lipinski definition) is 5. The van der Waals surface area contributed by atoms with E-state index in [0.717, 1.165) is 12.8 Å². The predicted octanol–water partition coefficient (Wildman–Crippen LogP) is 4.09. The Kier molecular flexibility index (Phi) is 9.63. The third-order valence-electron chi connectivity index (χ3n) is 4.39. The molecule has 1 amide bonds. The summed E-state index contributed by atoms with van der Waals surface area (Å²) in [6, 6.07) is 12.9. The van der Waals surface area contributed by atoms with E-state index < -0.39 is 15.9 Å². The minimum Gasteiger partial charge on any atom is -0.493 e. The van der Waals surface area contributed by atoms with Crippen LogP contribution in [0.4, 0.5) is 5.69 Å². The number of carbonyl (C=O) groups is 1. The van der Waals surface area contributed by atoms with Gasteiger partial charge in [-0.05, 0) is 36.8 Å². The molecule has 0 aliphatic heterocycles. The monoisotopic (exact) mass is 434 g/mol. The quantitative estimate of drug-likeness (QED) is 0.462. The van der Waals surface area contributed by atoms with Crippen LogP contribution in [0.2, 0.25) is 0 Å². The van der Waals surface area contributed by atoms with Crippen molar-refractivity contribution in [2.45, 2.75) is 50.3 Å². The number of rotatable bonds is 13. The molecule has 0 saturated carbocycles. The molecule has 0 aliphatic carbocycles. The number of amides is 1. The lowest BCUT2D eigenvalue weighted by Gasteiger charge is -2.10.